The first-order valence-electron chi connectivity index (χ1n) is 12.5. The Morgan fingerprint density at radius 1 is 0.973 bits per heavy atom. The van der Waals surface area contributed by atoms with Gasteiger partial charge in [-0.25, -0.2) is 8.42 Å². The SMILES string of the molecule is CC(C)c1ccc(S(=O)(=O)N2CCN(c3cnn(-c4ccccc4)c(=O)c3SCCN(C)C)CC2)cc1. The lowest BCUT2D eigenvalue weighted by Crippen LogP contribution is -2.49. The molecule has 0 radical (unpaired) electrons. The van der Waals surface area contributed by atoms with E-state index in [4.69, 9.17) is 0 Å². The van der Waals surface area contributed by atoms with Gasteiger partial charge in [-0.3, -0.25) is 4.79 Å². The van der Waals surface area contributed by atoms with Crippen molar-refractivity contribution in [1.29, 1.82) is 0 Å². The topological polar surface area (TPSA) is 78.8 Å². The van der Waals surface area contributed by atoms with Gasteiger partial charge in [0.2, 0.25) is 10.0 Å². The summed E-state index contributed by atoms with van der Waals surface area (Å²) in [6, 6.07) is 16.6. The molecule has 2 heterocycles. The molecule has 0 unspecified atom stereocenters. The van der Waals surface area contributed by atoms with E-state index in [1.165, 1.54) is 20.7 Å². The molecule has 10 heteroatoms. The van der Waals surface area contributed by atoms with Crippen LogP contribution in [0.5, 0.6) is 0 Å². The summed E-state index contributed by atoms with van der Waals surface area (Å²) in [5.41, 5.74) is 2.43. The molecule has 0 amide bonds. The molecule has 37 heavy (non-hydrogen) atoms. The van der Waals surface area contributed by atoms with Crippen LogP contribution >= 0.6 is 11.8 Å². The van der Waals surface area contributed by atoms with Gasteiger partial charge in [0.05, 0.1) is 27.4 Å². The number of piperazine rings is 1. The average molecular weight is 542 g/mol. The van der Waals surface area contributed by atoms with E-state index in [1.54, 1.807) is 18.3 Å². The van der Waals surface area contributed by atoms with Crippen LogP contribution < -0.4 is 10.5 Å². The Kier molecular flexibility index (Phi) is 8.74. The first-order valence-corrected chi connectivity index (χ1v) is 14.9. The summed E-state index contributed by atoms with van der Waals surface area (Å²) < 4.78 is 29.5. The van der Waals surface area contributed by atoms with Crippen molar-refractivity contribution in [2.75, 3.05) is 57.5 Å². The lowest BCUT2D eigenvalue weighted by molar-refractivity contribution is 0.384. The quantitative estimate of drug-likeness (QED) is 0.384. The van der Waals surface area contributed by atoms with Gasteiger partial charge in [-0.2, -0.15) is 14.1 Å². The summed E-state index contributed by atoms with van der Waals surface area (Å²) in [6.45, 7) is 6.67. The zero-order chi connectivity index (χ0) is 26.6. The van der Waals surface area contributed by atoms with Crippen molar-refractivity contribution in [3.63, 3.8) is 0 Å². The van der Waals surface area contributed by atoms with Gasteiger partial charge >= 0.3 is 0 Å². The van der Waals surface area contributed by atoms with E-state index in [9.17, 15) is 13.2 Å². The standard InChI is InChI=1S/C27H35N5O3S2/c1-21(2)22-10-12-24(13-11-22)37(34,35)31-16-14-30(15-17-31)25-20-28-32(23-8-6-5-7-9-23)27(33)26(25)36-19-18-29(3)4/h5-13,20-21H,14-19H2,1-4H3. The number of benzene rings is 2. The first kappa shape index (κ1) is 27.4. The molecular formula is C27H35N5O3S2. The molecule has 0 atom stereocenters. The Labute approximate surface area is 223 Å². The minimum absolute atomic E-state index is 0.159. The molecule has 8 nitrogen and oxygen atoms in total. The number of rotatable bonds is 9. The smallest absolute Gasteiger partial charge is 0.287 e. The molecular weight excluding hydrogens is 506 g/mol. The van der Waals surface area contributed by atoms with Crippen molar-refractivity contribution in [3.05, 3.63) is 76.7 Å². The number of sulfonamides is 1. The molecule has 0 aliphatic carbocycles. The van der Waals surface area contributed by atoms with E-state index in [-0.39, 0.29) is 5.56 Å². The third-order valence-corrected chi connectivity index (χ3v) is 9.44. The predicted molar refractivity (Wildman–Crippen MR) is 151 cm³/mol. The molecule has 3 aromatic rings. The second-order valence-corrected chi connectivity index (χ2v) is 12.7. The molecule has 1 aliphatic rings. The number of hydrogen-bond donors (Lipinski definition) is 0. The molecule has 1 fully saturated rings. The van der Waals surface area contributed by atoms with Gasteiger partial charge in [-0.05, 0) is 49.8 Å². The Hall–Kier alpha value is -2.66. The Morgan fingerprint density at radius 3 is 2.22 bits per heavy atom. The van der Waals surface area contributed by atoms with E-state index in [1.807, 2.05) is 56.6 Å². The summed E-state index contributed by atoms with van der Waals surface area (Å²) >= 11 is 1.52. The van der Waals surface area contributed by atoms with Gasteiger partial charge in [-0.15, -0.1) is 11.8 Å². The van der Waals surface area contributed by atoms with Crippen LogP contribution in [0.4, 0.5) is 5.69 Å². The van der Waals surface area contributed by atoms with Gasteiger partial charge in [0.1, 0.15) is 0 Å². The van der Waals surface area contributed by atoms with Crippen LogP contribution in [0.3, 0.4) is 0 Å². The maximum atomic E-state index is 13.5. The summed E-state index contributed by atoms with van der Waals surface area (Å²) in [5, 5.41) is 4.47. The second-order valence-electron chi connectivity index (χ2n) is 9.68. The third-order valence-electron chi connectivity index (χ3n) is 6.46. The number of nitrogens with zero attached hydrogens (tertiary/aromatic N) is 5. The predicted octanol–water partition coefficient (Wildman–Crippen LogP) is 3.52. The third kappa shape index (κ3) is 6.26. The number of hydrogen-bond acceptors (Lipinski definition) is 7. The fourth-order valence-corrected chi connectivity index (χ4v) is 6.84. The van der Waals surface area contributed by atoms with E-state index in [2.05, 4.69) is 28.7 Å². The van der Waals surface area contributed by atoms with Gasteiger partial charge in [0.15, 0.2) is 0 Å². The van der Waals surface area contributed by atoms with E-state index < -0.39 is 10.0 Å². The van der Waals surface area contributed by atoms with Crippen molar-refractivity contribution in [2.45, 2.75) is 29.6 Å². The van der Waals surface area contributed by atoms with E-state index >= 15 is 0 Å². The Bertz CT molecular complexity index is 1350. The van der Waals surface area contributed by atoms with E-state index in [0.717, 1.165) is 23.5 Å². The normalized spacial score (nSPS) is 15.0. The summed E-state index contributed by atoms with van der Waals surface area (Å²) in [5.74, 6) is 1.10. The first-order chi connectivity index (χ1) is 17.7. The van der Waals surface area contributed by atoms with Crippen molar-refractivity contribution in [1.82, 2.24) is 19.0 Å². The number of anilines is 1. The van der Waals surface area contributed by atoms with Crippen LogP contribution in [-0.4, -0.2) is 80.0 Å². The fourth-order valence-electron chi connectivity index (χ4n) is 4.22. The fraction of sp³-hybridized carbons (Fsp3) is 0.407. The molecule has 0 N–H and O–H groups in total. The maximum absolute atomic E-state index is 13.5. The Morgan fingerprint density at radius 2 is 1.62 bits per heavy atom. The zero-order valence-electron chi connectivity index (χ0n) is 21.9. The maximum Gasteiger partial charge on any atom is 0.287 e. The van der Waals surface area contributed by atoms with Crippen molar-refractivity contribution in [2.24, 2.45) is 0 Å². The van der Waals surface area contributed by atoms with Crippen LogP contribution in [0.25, 0.3) is 5.69 Å². The molecule has 0 spiro atoms. The molecule has 2 aromatic carbocycles. The van der Waals surface area contributed by atoms with Crippen molar-refractivity contribution in [3.8, 4) is 5.69 Å². The highest BCUT2D eigenvalue weighted by Crippen LogP contribution is 2.29. The highest BCUT2D eigenvalue weighted by atomic mass is 32.2. The highest BCUT2D eigenvalue weighted by Gasteiger charge is 2.30. The number of para-hydroxylation sites is 1. The minimum Gasteiger partial charge on any atom is -0.367 e. The van der Waals surface area contributed by atoms with Crippen LogP contribution in [0, 0.1) is 0 Å². The number of aromatic nitrogens is 2. The highest BCUT2D eigenvalue weighted by molar-refractivity contribution is 7.99. The van der Waals surface area contributed by atoms with E-state index in [0.29, 0.717) is 47.6 Å². The van der Waals surface area contributed by atoms with Gasteiger partial charge in [-0.1, -0.05) is 44.2 Å². The van der Waals surface area contributed by atoms with Gasteiger partial charge < -0.3 is 9.80 Å². The molecule has 4 rings (SSSR count). The summed E-state index contributed by atoms with van der Waals surface area (Å²) in [6.07, 6.45) is 1.74. The largest absolute Gasteiger partial charge is 0.367 e. The molecule has 0 saturated carbocycles. The summed E-state index contributed by atoms with van der Waals surface area (Å²) in [4.78, 5) is 18.6. The lowest BCUT2D eigenvalue weighted by Gasteiger charge is -2.36. The van der Waals surface area contributed by atoms with Crippen LogP contribution in [0.2, 0.25) is 0 Å². The van der Waals surface area contributed by atoms with Gasteiger partial charge in [0.25, 0.3) is 5.56 Å². The zero-order valence-corrected chi connectivity index (χ0v) is 23.5. The second kappa shape index (κ2) is 11.8. The van der Waals surface area contributed by atoms with Crippen LogP contribution in [-0.2, 0) is 10.0 Å². The average Bonchev–Trinajstić information content (AvgIpc) is 2.90. The molecule has 198 valence electrons. The minimum atomic E-state index is -3.58. The van der Waals surface area contributed by atoms with Crippen LogP contribution in [0.15, 0.2) is 75.4 Å². The van der Waals surface area contributed by atoms with Gasteiger partial charge in [0, 0.05) is 38.5 Å². The summed E-state index contributed by atoms with van der Waals surface area (Å²) in [7, 11) is 0.432. The monoisotopic (exact) mass is 541 g/mol. The van der Waals surface area contributed by atoms with Crippen molar-refractivity contribution < 1.29 is 8.42 Å². The van der Waals surface area contributed by atoms with Crippen LogP contribution in [0.1, 0.15) is 25.3 Å². The van der Waals surface area contributed by atoms with Crippen molar-refractivity contribution >= 4 is 27.5 Å². The lowest BCUT2D eigenvalue weighted by atomic mass is 10.0. The molecule has 1 saturated heterocycles. The molecule has 0 bridgehead atoms. The Balaban J connectivity index is 1.55. The number of thioether (sulfide) groups is 1. The molecule has 1 aliphatic heterocycles. The molecule has 1 aromatic heterocycles.